The lowest BCUT2D eigenvalue weighted by Gasteiger charge is -2.37. The molecule has 1 fully saturated rings. The molecule has 2 rings (SSSR count). The van der Waals surface area contributed by atoms with Crippen LogP contribution in [0.4, 0.5) is 13.2 Å². The Morgan fingerprint density at radius 2 is 1.70 bits per heavy atom. The van der Waals surface area contributed by atoms with E-state index in [0.717, 1.165) is 12.1 Å². The van der Waals surface area contributed by atoms with Crippen molar-refractivity contribution in [2.75, 3.05) is 20.1 Å². The molecule has 0 atom stereocenters. The Morgan fingerprint density at radius 3 is 2.10 bits per heavy atom. The molecule has 6 heteroatoms. The molecule has 20 heavy (non-hydrogen) atoms. The number of benzene rings is 1. The van der Waals surface area contributed by atoms with E-state index < -0.39 is 23.1 Å². The number of rotatable bonds is 2. The van der Waals surface area contributed by atoms with Gasteiger partial charge in [-0.05, 0) is 50.7 Å². The number of halogens is 3. The fraction of sp³-hybridized carbons (Fsp3) is 0.500. The minimum atomic E-state index is -4.40. The normalized spacial score (nSPS) is 19.8. The largest absolute Gasteiger partial charge is 0.481 e. The Kier molecular flexibility index (Phi) is 3.77. The average molecular weight is 287 g/mol. The number of hydrogen-bond donors (Lipinski definition) is 1. The van der Waals surface area contributed by atoms with Crippen LogP contribution in [-0.4, -0.2) is 36.1 Å². The third-order valence-electron chi connectivity index (χ3n) is 4.01. The second-order valence-corrected chi connectivity index (χ2v) is 5.27. The van der Waals surface area contributed by atoms with Crippen LogP contribution < -0.4 is 0 Å². The molecule has 1 N–H and O–H groups in total. The molecule has 1 saturated heterocycles. The van der Waals surface area contributed by atoms with Gasteiger partial charge in [-0.3, -0.25) is 4.79 Å². The van der Waals surface area contributed by atoms with Crippen molar-refractivity contribution in [3.63, 3.8) is 0 Å². The number of alkyl halides is 3. The summed E-state index contributed by atoms with van der Waals surface area (Å²) in [7, 11) is 1.90. The zero-order chi connectivity index (χ0) is 15.0. The summed E-state index contributed by atoms with van der Waals surface area (Å²) in [6.45, 7) is 1.24. The second kappa shape index (κ2) is 5.09. The molecule has 0 aliphatic carbocycles. The molecule has 3 nitrogen and oxygen atoms in total. The first-order valence-corrected chi connectivity index (χ1v) is 6.35. The third-order valence-corrected chi connectivity index (χ3v) is 4.01. The van der Waals surface area contributed by atoms with Gasteiger partial charge in [-0.1, -0.05) is 12.1 Å². The summed E-state index contributed by atoms with van der Waals surface area (Å²) in [4.78, 5) is 13.6. The van der Waals surface area contributed by atoms with Gasteiger partial charge >= 0.3 is 12.1 Å². The number of carboxylic acids is 1. The highest BCUT2D eigenvalue weighted by Gasteiger charge is 2.43. The predicted molar refractivity (Wildman–Crippen MR) is 67.5 cm³/mol. The Hall–Kier alpha value is -1.56. The smallest absolute Gasteiger partial charge is 0.416 e. The van der Waals surface area contributed by atoms with Gasteiger partial charge in [0.15, 0.2) is 0 Å². The minimum absolute atomic E-state index is 0.407. The number of carbonyl (C=O) groups is 1. The Balaban J connectivity index is 2.34. The number of nitrogens with zero attached hydrogens (tertiary/aromatic N) is 1. The SMILES string of the molecule is CN1CCC(C(=O)O)(c2ccc(C(F)(F)F)cc2)CC1. The highest BCUT2D eigenvalue weighted by atomic mass is 19.4. The molecule has 0 radical (unpaired) electrons. The number of hydrogen-bond acceptors (Lipinski definition) is 2. The Bertz CT molecular complexity index is 488. The molecule has 1 aromatic rings. The van der Waals surface area contributed by atoms with Crippen LogP contribution in [-0.2, 0) is 16.4 Å². The molecular weight excluding hydrogens is 271 g/mol. The van der Waals surface area contributed by atoms with Gasteiger partial charge in [0, 0.05) is 0 Å². The van der Waals surface area contributed by atoms with Crippen molar-refractivity contribution in [1.29, 1.82) is 0 Å². The standard InChI is InChI=1S/C14H16F3NO2/c1-18-8-6-13(7-9-18,12(19)20)10-2-4-11(5-3-10)14(15,16)17/h2-5H,6-9H2,1H3,(H,19,20). The molecular formula is C14H16F3NO2. The van der Waals surface area contributed by atoms with Crippen LogP contribution in [0.5, 0.6) is 0 Å². The molecule has 1 aliphatic heterocycles. The topological polar surface area (TPSA) is 40.5 Å². The van der Waals surface area contributed by atoms with Crippen molar-refractivity contribution in [3.05, 3.63) is 35.4 Å². The molecule has 1 heterocycles. The summed E-state index contributed by atoms with van der Waals surface area (Å²) in [5.74, 6) is -0.967. The van der Waals surface area contributed by atoms with Crippen LogP contribution in [0.3, 0.4) is 0 Å². The van der Waals surface area contributed by atoms with Gasteiger partial charge in [-0.2, -0.15) is 13.2 Å². The number of likely N-dealkylation sites (tertiary alicyclic amines) is 1. The van der Waals surface area contributed by atoms with E-state index in [2.05, 4.69) is 0 Å². The van der Waals surface area contributed by atoms with Gasteiger partial charge in [-0.15, -0.1) is 0 Å². The molecule has 0 saturated carbocycles. The van der Waals surface area contributed by atoms with Gasteiger partial charge in [0.25, 0.3) is 0 Å². The maximum absolute atomic E-state index is 12.5. The quantitative estimate of drug-likeness (QED) is 0.909. The van der Waals surface area contributed by atoms with E-state index >= 15 is 0 Å². The first-order valence-electron chi connectivity index (χ1n) is 6.35. The van der Waals surface area contributed by atoms with E-state index in [1.807, 2.05) is 11.9 Å². The average Bonchev–Trinajstić information content (AvgIpc) is 2.39. The van der Waals surface area contributed by atoms with Gasteiger partial charge in [-0.25, -0.2) is 0 Å². The van der Waals surface area contributed by atoms with Crippen molar-refractivity contribution in [2.45, 2.75) is 24.4 Å². The summed E-state index contributed by atoms with van der Waals surface area (Å²) in [5.41, 5.74) is -1.38. The zero-order valence-electron chi connectivity index (χ0n) is 11.1. The van der Waals surface area contributed by atoms with E-state index in [-0.39, 0.29) is 0 Å². The number of aliphatic carboxylic acids is 1. The van der Waals surface area contributed by atoms with Gasteiger partial charge < -0.3 is 10.0 Å². The monoisotopic (exact) mass is 287 g/mol. The molecule has 0 aromatic heterocycles. The first kappa shape index (κ1) is 14.8. The van der Waals surface area contributed by atoms with Gasteiger partial charge in [0.05, 0.1) is 11.0 Å². The Morgan fingerprint density at radius 1 is 1.20 bits per heavy atom. The minimum Gasteiger partial charge on any atom is -0.481 e. The highest BCUT2D eigenvalue weighted by Crippen LogP contribution is 2.37. The molecule has 0 amide bonds. The zero-order valence-corrected chi connectivity index (χ0v) is 11.1. The van der Waals surface area contributed by atoms with Crippen LogP contribution in [0, 0.1) is 0 Å². The van der Waals surface area contributed by atoms with E-state index in [9.17, 15) is 23.1 Å². The maximum atomic E-state index is 12.5. The highest BCUT2D eigenvalue weighted by molar-refractivity contribution is 5.81. The third kappa shape index (κ3) is 2.65. The molecule has 1 aliphatic rings. The number of piperidine rings is 1. The van der Waals surface area contributed by atoms with Crippen LogP contribution in [0.15, 0.2) is 24.3 Å². The fourth-order valence-electron chi connectivity index (χ4n) is 2.60. The van der Waals surface area contributed by atoms with Crippen molar-refractivity contribution in [3.8, 4) is 0 Å². The van der Waals surface area contributed by atoms with Crippen LogP contribution >= 0.6 is 0 Å². The Labute approximate surface area is 115 Å². The summed E-state index contributed by atoms with van der Waals surface area (Å²) < 4.78 is 37.6. The summed E-state index contributed by atoms with van der Waals surface area (Å²) in [6.07, 6.45) is -3.59. The van der Waals surface area contributed by atoms with Crippen molar-refractivity contribution in [2.24, 2.45) is 0 Å². The molecule has 110 valence electrons. The van der Waals surface area contributed by atoms with E-state index in [1.54, 1.807) is 0 Å². The first-order chi connectivity index (χ1) is 9.25. The van der Waals surface area contributed by atoms with Crippen molar-refractivity contribution in [1.82, 2.24) is 4.90 Å². The number of carboxylic acid groups (broad SMARTS) is 1. The summed E-state index contributed by atoms with van der Waals surface area (Å²) in [5, 5.41) is 9.52. The van der Waals surface area contributed by atoms with E-state index in [4.69, 9.17) is 0 Å². The summed E-state index contributed by atoms with van der Waals surface area (Å²) in [6, 6.07) is 4.50. The molecule has 0 unspecified atom stereocenters. The lowest BCUT2D eigenvalue weighted by atomic mass is 9.72. The lowest BCUT2D eigenvalue weighted by molar-refractivity contribution is -0.145. The van der Waals surface area contributed by atoms with Crippen LogP contribution in [0.1, 0.15) is 24.0 Å². The molecule has 0 spiro atoms. The van der Waals surface area contributed by atoms with Crippen LogP contribution in [0.25, 0.3) is 0 Å². The van der Waals surface area contributed by atoms with Crippen molar-refractivity contribution < 1.29 is 23.1 Å². The molecule has 1 aromatic carbocycles. The van der Waals surface area contributed by atoms with E-state index in [0.29, 0.717) is 31.5 Å². The second-order valence-electron chi connectivity index (χ2n) is 5.27. The van der Waals surface area contributed by atoms with Gasteiger partial charge in [0.2, 0.25) is 0 Å². The van der Waals surface area contributed by atoms with Crippen molar-refractivity contribution >= 4 is 5.97 Å². The maximum Gasteiger partial charge on any atom is 0.416 e. The summed E-state index contributed by atoms with van der Waals surface area (Å²) >= 11 is 0. The van der Waals surface area contributed by atoms with E-state index in [1.165, 1.54) is 12.1 Å². The van der Waals surface area contributed by atoms with Crippen LogP contribution in [0.2, 0.25) is 0 Å². The van der Waals surface area contributed by atoms with Gasteiger partial charge in [0.1, 0.15) is 0 Å². The predicted octanol–water partition coefficient (Wildman–Crippen LogP) is 2.75. The lowest BCUT2D eigenvalue weighted by Crippen LogP contribution is -2.46. The molecule has 0 bridgehead atoms. The fourth-order valence-corrected chi connectivity index (χ4v) is 2.60.